The smallest absolute Gasteiger partial charge is 0.238 e. The SMILES string of the molecule is COc1ccc(CCN(C)CC(=O)Nc2c(C)nn(-c3ccccc3)c2C)cc1OC. The molecule has 7 heteroatoms. The molecule has 1 heterocycles. The van der Waals surface area contributed by atoms with E-state index in [0.29, 0.717) is 18.0 Å². The molecule has 1 N–H and O–H groups in total. The van der Waals surface area contributed by atoms with Gasteiger partial charge < -0.3 is 14.8 Å². The molecule has 0 aliphatic rings. The van der Waals surface area contributed by atoms with E-state index in [9.17, 15) is 4.79 Å². The van der Waals surface area contributed by atoms with Gasteiger partial charge in [-0.05, 0) is 57.1 Å². The number of hydrogen-bond donors (Lipinski definition) is 1. The van der Waals surface area contributed by atoms with Crippen molar-refractivity contribution in [1.29, 1.82) is 0 Å². The van der Waals surface area contributed by atoms with E-state index in [0.717, 1.165) is 41.3 Å². The lowest BCUT2D eigenvalue weighted by atomic mass is 10.1. The fourth-order valence-corrected chi connectivity index (χ4v) is 3.50. The van der Waals surface area contributed by atoms with E-state index >= 15 is 0 Å². The zero-order valence-electron chi connectivity index (χ0n) is 18.8. The van der Waals surface area contributed by atoms with Crippen LogP contribution in [-0.4, -0.2) is 54.9 Å². The molecule has 0 atom stereocenters. The first kappa shape index (κ1) is 22.4. The van der Waals surface area contributed by atoms with E-state index in [1.54, 1.807) is 14.2 Å². The maximum atomic E-state index is 12.6. The van der Waals surface area contributed by atoms with Gasteiger partial charge in [-0.2, -0.15) is 5.10 Å². The Balaban J connectivity index is 1.58. The van der Waals surface area contributed by atoms with E-state index in [4.69, 9.17) is 9.47 Å². The number of carbonyl (C=O) groups excluding carboxylic acids is 1. The molecule has 0 bridgehead atoms. The highest BCUT2D eigenvalue weighted by Gasteiger charge is 2.16. The van der Waals surface area contributed by atoms with Crippen LogP contribution in [0.15, 0.2) is 48.5 Å². The van der Waals surface area contributed by atoms with Crippen molar-refractivity contribution < 1.29 is 14.3 Å². The molecule has 0 fully saturated rings. The van der Waals surface area contributed by atoms with Crippen LogP contribution < -0.4 is 14.8 Å². The number of methoxy groups -OCH3 is 2. The summed E-state index contributed by atoms with van der Waals surface area (Å²) in [6.45, 7) is 4.90. The first-order valence-electron chi connectivity index (χ1n) is 10.2. The van der Waals surface area contributed by atoms with Gasteiger partial charge in [0.15, 0.2) is 11.5 Å². The Labute approximate surface area is 183 Å². The number of nitrogens with zero attached hydrogens (tertiary/aromatic N) is 3. The Hall–Kier alpha value is -3.32. The average molecular weight is 423 g/mol. The first-order chi connectivity index (χ1) is 14.9. The fourth-order valence-electron chi connectivity index (χ4n) is 3.50. The van der Waals surface area contributed by atoms with Crippen molar-refractivity contribution in [2.24, 2.45) is 0 Å². The van der Waals surface area contributed by atoms with E-state index in [-0.39, 0.29) is 5.91 Å². The monoisotopic (exact) mass is 422 g/mol. The summed E-state index contributed by atoms with van der Waals surface area (Å²) in [6, 6.07) is 15.8. The minimum absolute atomic E-state index is 0.0615. The predicted molar refractivity (Wildman–Crippen MR) is 122 cm³/mol. The zero-order valence-corrected chi connectivity index (χ0v) is 18.8. The molecule has 7 nitrogen and oxygen atoms in total. The molecule has 0 aliphatic carbocycles. The van der Waals surface area contributed by atoms with Gasteiger partial charge >= 0.3 is 0 Å². The quantitative estimate of drug-likeness (QED) is 0.570. The Morgan fingerprint density at radius 2 is 1.77 bits per heavy atom. The van der Waals surface area contributed by atoms with Crippen LogP contribution in [0.5, 0.6) is 11.5 Å². The Morgan fingerprint density at radius 1 is 1.06 bits per heavy atom. The van der Waals surface area contributed by atoms with Gasteiger partial charge in [-0.15, -0.1) is 0 Å². The number of benzene rings is 2. The third-order valence-electron chi connectivity index (χ3n) is 5.20. The van der Waals surface area contributed by atoms with E-state index < -0.39 is 0 Å². The Kier molecular flexibility index (Phi) is 7.31. The summed E-state index contributed by atoms with van der Waals surface area (Å²) in [5.41, 5.74) is 4.56. The number of para-hydroxylation sites is 1. The fraction of sp³-hybridized carbons (Fsp3) is 0.333. The van der Waals surface area contributed by atoms with Crippen LogP contribution in [0.4, 0.5) is 5.69 Å². The van der Waals surface area contributed by atoms with Gasteiger partial charge in [0.25, 0.3) is 0 Å². The lowest BCUT2D eigenvalue weighted by molar-refractivity contribution is -0.117. The Bertz CT molecular complexity index is 1030. The number of aromatic nitrogens is 2. The van der Waals surface area contributed by atoms with Crippen LogP contribution in [0.1, 0.15) is 17.0 Å². The molecule has 2 aromatic carbocycles. The maximum absolute atomic E-state index is 12.6. The molecule has 3 aromatic rings. The number of ether oxygens (including phenoxy) is 2. The zero-order chi connectivity index (χ0) is 22.4. The molecule has 1 aromatic heterocycles. The van der Waals surface area contributed by atoms with Crippen LogP contribution in [0, 0.1) is 13.8 Å². The van der Waals surface area contributed by atoms with Crippen molar-refractivity contribution in [1.82, 2.24) is 14.7 Å². The number of rotatable bonds is 9. The first-order valence-corrected chi connectivity index (χ1v) is 10.2. The molecule has 164 valence electrons. The molecule has 0 unspecified atom stereocenters. The second-order valence-electron chi connectivity index (χ2n) is 7.52. The topological polar surface area (TPSA) is 68.6 Å². The Morgan fingerprint density at radius 3 is 2.45 bits per heavy atom. The van der Waals surface area contributed by atoms with Gasteiger partial charge in [-0.1, -0.05) is 24.3 Å². The molecular weight excluding hydrogens is 392 g/mol. The number of carbonyl (C=O) groups is 1. The predicted octanol–water partition coefficient (Wildman–Crippen LogP) is 3.62. The lowest BCUT2D eigenvalue weighted by Gasteiger charge is -2.17. The summed E-state index contributed by atoms with van der Waals surface area (Å²) >= 11 is 0. The van der Waals surface area contributed by atoms with Gasteiger partial charge in [-0.3, -0.25) is 9.69 Å². The minimum atomic E-state index is -0.0615. The lowest BCUT2D eigenvalue weighted by Crippen LogP contribution is -2.31. The number of likely N-dealkylation sites (N-methyl/N-ethyl adjacent to an activating group) is 1. The summed E-state index contributed by atoms with van der Waals surface area (Å²) in [7, 11) is 5.19. The molecule has 0 saturated heterocycles. The van der Waals surface area contributed by atoms with Gasteiger partial charge in [0.1, 0.15) is 0 Å². The van der Waals surface area contributed by atoms with Crippen molar-refractivity contribution in [2.75, 3.05) is 39.7 Å². The molecule has 0 saturated carbocycles. The third-order valence-corrected chi connectivity index (χ3v) is 5.20. The van der Waals surface area contributed by atoms with Crippen LogP contribution in [0.25, 0.3) is 5.69 Å². The number of amides is 1. The second kappa shape index (κ2) is 10.1. The van der Waals surface area contributed by atoms with Crippen molar-refractivity contribution in [2.45, 2.75) is 20.3 Å². The van der Waals surface area contributed by atoms with Crippen LogP contribution in [-0.2, 0) is 11.2 Å². The number of anilines is 1. The summed E-state index contributed by atoms with van der Waals surface area (Å²) in [6.07, 6.45) is 0.800. The molecule has 1 amide bonds. The molecule has 0 aliphatic heterocycles. The third kappa shape index (κ3) is 5.44. The summed E-state index contributed by atoms with van der Waals surface area (Å²) in [4.78, 5) is 14.6. The van der Waals surface area contributed by atoms with E-state index in [1.807, 2.05) is 79.0 Å². The van der Waals surface area contributed by atoms with Crippen molar-refractivity contribution in [3.8, 4) is 17.2 Å². The van der Waals surface area contributed by atoms with Crippen LogP contribution in [0.2, 0.25) is 0 Å². The summed E-state index contributed by atoms with van der Waals surface area (Å²) in [5.74, 6) is 1.36. The highest BCUT2D eigenvalue weighted by Crippen LogP contribution is 2.27. The summed E-state index contributed by atoms with van der Waals surface area (Å²) in [5, 5.41) is 7.62. The second-order valence-corrected chi connectivity index (χ2v) is 7.52. The molecular formula is C24H30N4O3. The van der Waals surface area contributed by atoms with Gasteiger partial charge in [0, 0.05) is 6.54 Å². The largest absolute Gasteiger partial charge is 0.493 e. The molecule has 3 rings (SSSR count). The van der Waals surface area contributed by atoms with Crippen LogP contribution in [0.3, 0.4) is 0 Å². The van der Waals surface area contributed by atoms with Gasteiger partial charge in [0.05, 0.1) is 43.5 Å². The van der Waals surface area contributed by atoms with Crippen molar-refractivity contribution in [3.05, 3.63) is 65.5 Å². The highest BCUT2D eigenvalue weighted by molar-refractivity contribution is 5.93. The number of nitrogens with one attached hydrogen (secondary N) is 1. The van der Waals surface area contributed by atoms with Gasteiger partial charge in [0.2, 0.25) is 5.91 Å². The molecule has 0 spiro atoms. The average Bonchev–Trinajstić information content (AvgIpc) is 3.06. The molecule has 31 heavy (non-hydrogen) atoms. The molecule has 0 radical (unpaired) electrons. The van der Waals surface area contributed by atoms with E-state index in [2.05, 4.69) is 10.4 Å². The minimum Gasteiger partial charge on any atom is -0.493 e. The van der Waals surface area contributed by atoms with Crippen LogP contribution >= 0.6 is 0 Å². The highest BCUT2D eigenvalue weighted by atomic mass is 16.5. The number of hydrogen-bond acceptors (Lipinski definition) is 5. The van der Waals surface area contributed by atoms with Crippen molar-refractivity contribution in [3.63, 3.8) is 0 Å². The van der Waals surface area contributed by atoms with Gasteiger partial charge in [-0.25, -0.2) is 4.68 Å². The van der Waals surface area contributed by atoms with Crippen molar-refractivity contribution >= 4 is 11.6 Å². The summed E-state index contributed by atoms with van der Waals surface area (Å²) < 4.78 is 12.5. The van der Waals surface area contributed by atoms with E-state index in [1.165, 1.54) is 0 Å². The normalized spacial score (nSPS) is 10.9. The number of aryl methyl sites for hydroxylation is 1. The maximum Gasteiger partial charge on any atom is 0.238 e. The standard InChI is InChI=1S/C24H30N4O3/c1-17-24(18(2)28(26-17)20-9-7-6-8-10-20)25-23(29)16-27(3)14-13-19-11-12-21(30-4)22(15-19)31-5/h6-12,15H,13-14,16H2,1-5H3,(H,25,29).